The topological polar surface area (TPSA) is 19.4 Å². The molecule has 1 fully saturated rings. The summed E-state index contributed by atoms with van der Waals surface area (Å²) in [6.07, 6.45) is 3.39. The molecule has 0 unspecified atom stereocenters. The molecule has 2 heterocycles. The molecule has 27 heavy (non-hydrogen) atoms. The summed E-state index contributed by atoms with van der Waals surface area (Å²) in [5.41, 5.74) is 5.46. The number of hydrogen-bond acceptors (Lipinski definition) is 4. The fourth-order valence-electron chi connectivity index (χ4n) is 4.07. The van der Waals surface area contributed by atoms with Gasteiger partial charge >= 0.3 is 0 Å². The van der Waals surface area contributed by atoms with Crippen LogP contribution in [-0.2, 0) is 19.4 Å². The second-order valence-electron chi connectivity index (χ2n) is 7.95. The molecule has 0 atom stereocenters. The molecule has 0 bridgehead atoms. The standard InChI is InChI=1S/C23H35N3S/c1-6-19-10-8-11-20(7-2)22(19)23-24-18(5)21(27-23)16-25-12-9-13-26(15-14-25)17(3)4/h8,10-11,17H,6-7,9,12-16H2,1-5H3. The third-order valence-corrected chi connectivity index (χ3v) is 6.99. The van der Waals surface area contributed by atoms with Crippen LogP contribution in [0.5, 0.6) is 0 Å². The van der Waals surface area contributed by atoms with Gasteiger partial charge < -0.3 is 0 Å². The van der Waals surface area contributed by atoms with E-state index in [4.69, 9.17) is 4.98 Å². The van der Waals surface area contributed by atoms with Crippen molar-refractivity contribution in [2.75, 3.05) is 26.2 Å². The maximum atomic E-state index is 5.01. The van der Waals surface area contributed by atoms with Crippen LogP contribution in [-0.4, -0.2) is 47.0 Å². The van der Waals surface area contributed by atoms with Crippen molar-refractivity contribution in [3.8, 4) is 10.6 Å². The van der Waals surface area contributed by atoms with E-state index >= 15 is 0 Å². The zero-order valence-corrected chi connectivity index (χ0v) is 18.5. The quantitative estimate of drug-likeness (QED) is 0.685. The molecule has 0 aliphatic carbocycles. The smallest absolute Gasteiger partial charge is 0.124 e. The maximum Gasteiger partial charge on any atom is 0.124 e. The number of aromatic nitrogens is 1. The lowest BCUT2D eigenvalue weighted by atomic mass is 9.98. The maximum absolute atomic E-state index is 5.01. The molecule has 2 aromatic rings. The SMILES string of the molecule is CCc1cccc(CC)c1-c1nc(C)c(CN2CCCN(C(C)C)CC2)s1. The van der Waals surface area contributed by atoms with Crippen molar-refractivity contribution in [2.45, 2.75) is 66.5 Å². The molecule has 0 amide bonds. The minimum Gasteiger partial charge on any atom is -0.300 e. The minimum atomic E-state index is 0.653. The molecule has 1 aromatic heterocycles. The van der Waals surface area contributed by atoms with Crippen molar-refractivity contribution >= 4 is 11.3 Å². The number of benzene rings is 1. The first-order valence-corrected chi connectivity index (χ1v) is 11.4. The van der Waals surface area contributed by atoms with E-state index in [2.05, 4.69) is 62.6 Å². The predicted molar refractivity (Wildman–Crippen MR) is 118 cm³/mol. The lowest BCUT2D eigenvalue weighted by Gasteiger charge is -2.24. The molecule has 3 rings (SSSR count). The Morgan fingerprint density at radius 3 is 2.37 bits per heavy atom. The Labute approximate surface area is 169 Å². The Hall–Kier alpha value is -1.23. The van der Waals surface area contributed by atoms with E-state index in [1.807, 2.05) is 11.3 Å². The fraction of sp³-hybridized carbons (Fsp3) is 0.609. The van der Waals surface area contributed by atoms with E-state index in [9.17, 15) is 0 Å². The van der Waals surface area contributed by atoms with Crippen molar-refractivity contribution in [1.29, 1.82) is 0 Å². The average molecular weight is 386 g/mol. The molecule has 148 valence electrons. The summed E-state index contributed by atoms with van der Waals surface area (Å²) in [4.78, 5) is 11.7. The van der Waals surface area contributed by atoms with Crippen LogP contribution < -0.4 is 0 Å². The third kappa shape index (κ3) is 4.79. The van der Waals surface area contributed by atoms with Crippen LogP contribution in [0.3, 0.4) is 0 Å². The highest BCUT2D eigenvalue weighted by Crippen LogP contribution is 2.34. The van der Waals surface area contributed by atoms with Crippen LogP contribution in [0.1, 0.15) is 55.8 Å². The molecule has 1 aromatic carbocycles. The van der Waals surface area contributed by atoms with Crippen LogP contribution in [0.15, 0.2) is 18.2 Å². The minimum absolute atomic E-state index is 0.653. The number of nitrogens with zero attached hydrogens (tertiary/aromatic N) is 3. The highest BCUT2D eigenvalue weighted by molar-refractivity contribution is 7.15. The van der Waals surface area contributed by atoms with E-state index in [1.54, 1.807) is 0 Å². The number of thiazole rings is 1. The van der Waals surface area contributed by atoms with Crippen molar-refractivity contribution in [3.63, 3.8) is 0 Å². The van der Waals surface area contributed by atoms with Gasteiger partial charge in [-0.05, 0) is 64.3 Å². The van der Waals surface area contributed by atoms with Gasteiger partial charge in [-0.15, -0.1) is 11.3 Å². The summed E-state index contributed by atoms with van der Waals surface area (Å²) in [7, 11) is 0. The molecular weight excluding hydrogens is 350 g/mol. The monoisotopic (exact) mass is 385 g/mol. The highest BCUT2D eigenvalue weighted by atomic mass is 32.1. The van der Waals surface area contributed by atoms with E-state index in [0.717, 1.165) is 25.9 Å². The predicted octanol–water partition coefficient (Wildman–Crippen LogP) is 5.16. The van der Waals surface area contributed by atoms with Crippen LogP contribution in [0.4, 0.5) is 0 Å². The van der Waals surface area contributed by atoms with Gasteiger partial charge in [0, 0.05) is 36.1 Å². The second-order valence-corrected chi connectivity index (χ2v) is 9.03. The van der Waals surface area contributed by atoms with E-state index in [1.165, 1.54) is 58.3 Å². The van der Waals surface area contributed by atoms with Gasteiger partial charge in [0.1, 0.15) is 5.01 Å². The Morgan fingerprint density at radius 1 is 1.04 bits per heavy atom. The van der Waals surface area contributed by atoms with Crippen LogP contribution in [0, 0.1) is 6.92 Å². The lowest BCUT2D eigenvalue weighted by Crippen LogP contribution is -2.34. The van der Waals surface area contributed by atoms with Gasteiger partial charge in [-0.3, -0.25) is 9.80 Å². The van der Waals surface area contributed by atoms with Crippen molar-refractivity contribution in [3.05, 3.63) is 39.9 Å². The first kappa shape index (κ1) is 20.5. The lowest BCUT2D eigenvalue weighted by molar-refractivity contribution is 0.218. The molecule has 4 heteroatoms. The van der Waals surface area contributed by atoms with E-state index in [0.29, 0.717) is 6.04 Å². The number of aryl methyl sites for hydroxylation is 3. The summed E-state index contributed by atoms with van der Waals surface area (Å²) in [5.74, 6) is 0. The van der Waals surface area contributed by atoms with Crippen LogP contribution in [0.25, 0.3) is 10.6 Å². The molecule has 0 N–H and O–H groups in total. The Morgan fingerprint density at radius 2 is 1.74 bits per heavy atom. The molecule has 0 radical (unpaired) electrons. The zero-order valence-electron chi connectivity index (χ0n) is 17.7. The van der Waals surface area contributed by atoms with Gasteiger partial charge in [-0.2, -0.15) is 0 Å². The summed E-state index contributed by atoms with van der Waals surface area (Å²) in [6, 6.07) is 7.38. The third-order valence-electron chi connectivity index (χ3n) is 5.83. The summed E-state index contributed by atoms with van der Waals surface area (Å²) in [6.45, 7) is 17.1. The Bertz CT molecular complexity index is 728. The highest BCUT2D eigenvalue weighted by Gasteiger charge is 2.20. The average Bonchev–Trinajstić information content (AvgIpc) is 2.87. The van der Waals surface area contributed by atoms with Gasteiger partial charge in [0.15, 0.2) is 0 Å². The van der Waals surface area contributed by atoms with Crippen molar-refractivity contribution in [2.24, 2.45) is 0 Å². The Balaban J connectivity index is 1.80. The summed E-state index contributed by atoms with van der Waals surface area (Å²) >= 11 is 1.91. The number of rotatable bonds is 6. The Kier molecular flexibility index (Phi) is 7.07. The number of hydrogen-bond donors (Lipinski definition) is 0. The largest absolute Gasteiger partial charge is 0.300 e. The van der Waals surface area contributed by atoms with E-state index < -0.39 is 0 Å². The second kappa shape index (κ2) is 9.31. The fourth-order valence-corrected chi connectivity index (χ4v) is 5.29. The summed E-state index contributed by atoms with van der Waals surface area (Å²) in [5, 5.41) is 1.22. The summed E-state index contributed by atoms with van der Waals surface area (Å²) < 4.78 is 0. The van der Waals surface area contributed by atoms with Crippen molar-refractivity contribution in [1.82, 2.24) is 14.8 Å². The normalized spacial score (nSPS) is 16.8. The molecule has 0 saturated carbocycles. The molecule has 1 aliphatic heterocycles. The molecule has 0 spiro atoms. The van der Waals surface area contributed by atoms with Crippen LogP contribution in [0.2, 0.25) is 0 Å². The van der Waals surface area contributed by atoms with Gasteiger partial charge in [0.05, 0.1) is 5.69 Å². The molecular formula is C23H35N3S. The van der Waals surface area contributed by atoms with Gasteiger partial charge in [-0.1, -0.05) is 32.0 Å². The van der Waals surface area contributed by atoms with Crippen LogP contribution >= 0.6 is 11.3 Å². The molecule has 1 saturated heterocycles. The van der Waals surface area contributed by atoms with Gasteiger partial charge in [0.2, 0.25) is 0 Å². The molecule has 1 aliphatic rings. The first-order valence-electron chi connectivity index (χ1n) is 10.6. The van der Waals surface area contributed by atoms with Gasteiger partial charge in [0.25, 0.3) is 0 Å². The zero-order chi connectivity index (χ0) is 19.4. The molecule has 3 nitrogen and oxygen atoms in total. The van der Waals surface area contributed by atoms with Gasteiger partial charge in [-0.25, -0.2) is 4.98 Å². The van der Waals surface area contributed by atoms with E-state index in [-0.39, 0.29) is 0 Å². The van der Waals surface area contributed by atoms with Crippen molar-refractivity contribution < 1.29 is 0 Å². The first-order chi connectivity index (χ1) is 13.0.